The van der Waals surface area contributed by atoms with Crippen LogP contribution in [0, 0.1) is 5.82 Å². The van der Waals surface area contributed by atoms with Gasteiger partial charge < -0.3 is 14.2 Å². The Hall–Kier alpha value is -2.52. The van der Waals surface area contributed by atoms with E-state index < -0.39 is 5.82 Å². The van der Waals surface area contributed by atoms with Crippen LogP contribution in [0.25, 0.3) is 17.0 Å². The van der Waals surface area contributed by atoms with Crippen molar-refractivity contribution in [3.8, 4) is 5.95 Å². The Morgan fingerprint density at radius 1 is 1.19 bits per heavy atom. The third-order valence-corrected chi connectivity index (χ3v) is 6.57. The van der Waals surface area contributed by atoms with E-state index in [-0.39, 0.29) is 17.6 Å². The zero-order valence-corrected chi connectivity index (χ0v) is 17.8. The van der Waals surface area contributed by atoms with Gasteiger partial charge in [-0.2, -0.15) is 4.98 Å². The van der Waals surface area contributed by atoms with Crippen molar-refractivity contribution in [2.45, 2.75) is 57.6 Å². The fourth-order valence-electron chi connectivity index (χ4n) is 4.82. The minimum Gasteiger partial charge on any atom is -0.378 e. The largest absolute Gasteiger partial charge is 0.378 e. The van der Waals surface area contributed by atoms with Crippen LogP contribution in [-0.4, -0.2) is 56.5 Å². The number of ether oxygens (including phenoxy) is 1. The molecule has 2 aromatic heterocycles. The Kier molecular flexibility index (Phi) is 5.62. The lowest BCUT2D eigenvalue weighted by atomic mass is 9.96. The molecule has 3 aromatic rings. The van der Waals surface area contributed by atoms with E-state index in [2.05, 4.69) is 15.0 Å². The highest BCUT2D eigenvalue weighted by Crippen LogP contribution is 2.28. The van der Waals surface area contributed by atoms with Gasteiger partial charge in [-0.3, -0.25) is 4.57 Å². The number of likely N-dealkylation sites (tertiary alicyclic amines) is 1. The maximum absolute atomic E-state index is 13.9. The Morgan fingerprint density at radius 3 is 2.77 bits per heavy atom. The fourth-order valence-corrected chi connectivity index (χ4v) is 4.82. The molecule has 0 bridgehead atoms. The molecule has 1 unspecified atom stereocenters. The Bertz CT molecular complexity index is 1110. The molecule has 2 fully saturated rings. The van der Waals surface area contributed by atoms with Crippen molar-refractivity contribution in [1.29, 1.82) is 0 Å². The molecular formula is C22H28FN5O3. The molecule has 2 aliphatic heterocycles. The average Bonchev–Trinajstić information content (AvgIpc) is 3.51. The standard InChI is InChI=1S/C22H28FN5O3/c1-2-27-18-6-5-16(23)14-19(18)28(22(27)29)21-24-20(31-25-21)15-7-10-26(11-8-15)12-9-17-4-3-13-30-17/h5-6,14-15,17H,2-4,7-13H2,1H3. The van der Waals surface area contributed by atoms with Gasteiger partial charge in [0.05, 0.1) is 17.1 Å². The second-order valence-corrected chi connectivity index (χ2v) is 8.47. The number of imidazole rings is 1. The number of rotatable bonds is 6. The first-order valence-corrected chi connectivity index (χ1v) is 11.2. The van der Waals surface area contributed by atoms with Crippen LogP contribution in [0.4, 0.5) is 4.39 Å². The lowest BCUT2D eigenvalue weighted by molar-refractivity contribution is 0.0867. The predicted octanol–water partition coefficient (Wildman–Crippen LogP) is 3.08. The van der Waals surface area contributed by atoms with Crippen LogP contribution in [0.2, 0.25) is 0 Å². The number of fused-ring (bicyclic) bond motifs is 1. The van der Waals surface area contributed by atoms with Gasteiger partial charge in [0.2, 0.25) is 5.89 Å². The number of hydrogen-bond acceptors (Lipinski definition) is 6. The summed E-state index contributed by atoms with van der Waals surface area (Å²) >= 11 is 0. The molecule has 0 N–H and O–H groups in total. The lowest BCUT2D eigenvalue weighted by Gasteiger charge is -2.30. The summed E-state index contributed by atoms with van der Waals surface area (Å²) in [5, 5.41) is 4.07. The summed E-state index contributed by atoms with van der Waals surface area (Å²) in [6.45, 7) is 6.28. The number of nitrogens with zero attached hydrogens (tertiary/aromatic N) is 5. The third kappa shape index (κ3) is 3.92. The first-order valence-electron chi connectivity index (χ1n) is 11.2. The molecule has 0 radical (unpaired) electrons. The molecule has 5 rings (SSSR count). The zero-order chi connectivity index (χ0) is 21.4. The Labute approximate surface area is 179 Å². The van der Waals surface area contributed by atoms with E-state index in [1.807, 2.05) is 6.92 Å². The molecule has 1 atom stereocenters. The van der Waals surface area contributed by atoms with Crippen LogP contribution in [0.15, 0.2) is 27.5 Å². The molecular weight excluding hydrogens is 401 g/mol. The maximum Gasteiger partial charge on any atom is 0.336 e. The molecule has 4 heterocycles. The number of halogens is 1. The van der Waals surface area contributed by atoms with E-state index in [0.29, 0.717) is 29.6 Å². The highest BCUT2D eigenvalue weighted by Gasteiger charge is 2.27. The molecule has 0 aliphatic carbocycles. The van der Waals surface area contributed by atoms with E-state index in [0.717, 1.165) is 45.5 Å². The summed E-state index contributed by atoms with van der Waals surface area (Å²) < 4.78 is 28.1. The van der Waals surface area contributed by atoms with E-state index in [4.69, 9.17) is 9.26 Å². The van der Waals surface area contributed by atoms with E-state index in [1.165, 1.54) is 29.5 Å². The van der Waals surface area contributed by atoms with Crippen molar-refractivity contribution in [1.82, 2.24) is 24.2 Å². The number of aromatic nitrogens is 4. The average molecular weight is 429 g/mol. The number of hydrogen-bond donors (Lipinski definition) is 0. The Morgan fingerprint density at radius 2 is 2.03 bits per heavy atom. The molecule has 0 amide bonds. The SMILES string of the molecule is CCn1c(=O)n(-c2noc(C3CCN(CCC4CCCO4)CC3)n2)c2cc(F)ccc21. The number of piperidine rings is 1. The Balaban J connectivity index is 1.30. The van der Waals surface area contributed by atoms with Crippen LogP contribution >= 0.6 is 0 Å². The summed E-state index contributed by atoms with van der Waals surface area (Å²) in [6.07, 6.45) is 5.75. The summed E-state index contributed by atoms with van der Waals surface area (Å²) in [4.78, 5) is 19.9. The van der Waals surface area contributed by atoms with Gasteiger partial charge in [-0.25, -0.2) is 13.8 Å². The highest BCUT2D eigenvalue weighted by atomic mass is 19.1. The first kappa shape index (κ1) is 20.4. The quantitative estimate of drug-likeness (QED) is 0.599. The molecule has 0 saturated carbocycles. The minimum absolute atomic E-state index is 0.170. The topological polar surface area (TPSA) is 78.3 Å². The van der Waals surface area contributed by atoms with Crippen molar-refractivity contribution in [3.05, 3.63) is 40.4 Å². The normalized spacial score (nSPS) is 20.8. The maximum atomic E-state index is 13.9. The van der Waals surface area contributed by atoms with Gasteiger partial charge in [-0.15, -0.1) is 0 Å². The van der Waals surface area contributed by atoms with Crippen LogP contribution in [0.3, 0.4) is 0 Å². The lowest BCUT2D eigenvalue weighted by Crippen LogP contribution is -2.35. The summed E-state index contributed by atoms with van der Waals surface area (Å²) in [5.74, 6) is 0.485. The highest BCUT2D eigenvalue weighted by molar-refractivity contribution is 5.77. The van der Waals surface area contributed by atoms with Crippen molar-refractivity contribution < 1.29 is 13.7 Å². The number of benzene rings is 1. The molecule has 0 spiro atoms. The van der Waals surface area contributed by atoms with Crippen LogP contribution in [0.1, 0.15) is 50.8 Å². The molecule has 9 heteroatoms. The molecule has 166 valence electrons. The number of aryl methyl sites for hydroxylation is 1. The van der Waals surface area contributed by atoms with Crippen LogP contribution in [-0.2, 0) is 11.3 Å². The van der Waals surface area contributed by atoms with Gasteiger partial charge in [0.15, 0.2) is 0 Å². The second kappa shape index (κ2) is 8.55. The first-order chi connectivity index (χ1) is 15.1. The van der Waals surface area contributed by atoms with E-state index >= 15 is 0 Å². The van der Waals surface area contributed by atoms with Crippen LogP contribution < -0.4 is 5.69 Å². The monoisotopic (exact) mass is 429 g/mol. The van der Waals surface area contributed by atoms with Crippen molar-refractivity contribution in [3.63, 3.8) is 0 Å². The zero-order valence-electron chi connectivity index (χ0n) is 17.8. The molecule has 2 aliphatic rings. The molecule has 31 heavy (non-hydrogen) atoms. The smallest absolute Gasteiger partial charge is 0.336 e. The second-order valence-electron chi connectivity index (χ2n) is 8.47. The van der Waals surface area contributed by atoms with Gasteiger partial charge in [-0.1, -0.05) is 0 Å². The van der Waals surface area contributed by atoms with Crippen LogP contribution in [0.5, 0.6) is 0 Å². The summed E-state index contributed by atoms with van der Waals surface area (Å²) in [7, 11) is 0. The van der Waals surface area contributed by atoms with Crippen molar-refractivity contribution in [2.24, 2.45) is 0 Å². The predicted molar refractivity (Wildman–Crippen MR) is 113 cm³/mol. The minimum atomic E-state index is -0.409. The summed E-state index contributed by atoms with van der Waals surface area (Å²) in [6, 6.07) is 4.30. The summed E-state index contributed by atoms with van der Waals surface area (Å²) in [5.41, 5.74) is 0.808. The van der Waals surface area contributed by atoms with E-state index in [1.54, 1.807) is 10.6 Å². The fraction of sp³-hybridized carbons (Fsp3) is 0.591. The molecule has 2 saturated heterocycles. The van der Waals surface area contributed by atoms with Gasteiger partial charge in [0.25, 0.3) is 5.95 Å². The molecule has 8 nitrogen and oxygen atoms in total. The van der Waals surface area contributed by atoms with Crippen molar-refractivity contribution in [2.75, 3.05) is 26.2 Å². The van der Waals surface area contributed by atoms with Gasteiger partial charge >= 0.3 is 5.69 Å². The van der Waals surface area contributed by atoms with Crippen molar-refractivity contribution >= 4 is 11.0 Å². The van der Waals surface area contributed by atoms with E-state index in [9.17, 15) is 9.18 Å². The van der Waals surface area contributed by atoms with Gasteiger partial charge in [-0.05, 0) is 69.4 Å². The van der Waals surface area contributed by atoms with Gasteiger partial charge in [0.1, 0.15) is 5.82 Å². The third-order valence-electron chi connectivity index (χ3n) is 6.57. The van der Waals surface area contributed by atoms with Gasteiger partial charge in [0, 0.05) is 31.7 Å². The molecule has 1 aromatic carbocycles.